The van der Waals surface area contributed by atoms with Crippen LogP contribution in [0.5, 0.6) is 0 Å². The first-order chi connectivity index (χ1) is 16.7. The highest BCUT2D eigenvalue weighted by Gasteiger charge is 2.26. The first kappa shape index (κ1) is 25.7. The van der Waals surface area contributed by atoms with E-state index in [1.54, 1.807) is 56.6 Å². The Hall–Kier alpha value is -3.87. The van der Waals surface area contributed by atoms with Crippen molar-refractivity contribution in [3.8, 4) is 11.8 Å². The molecular formula is C26H30N6O3. The van der Waals surface area contributed by atoms with Crippen LogP contribution < -0.4 is 10.2 Å². The molecule has 1 atom stereocenters. The average molecular weight is 475 g/mol. The fourth-order valence-electron chi connectivity index (χ4n) is 3.56. The van der Waals surface area contributed by atoms with Gasteiger partial charge in [-0.1, -0.05) is 17.9 Å². The van der Waals surface area contributed by atoms with Crippen LogP contribution in [0.4, 0.5) is 5.69 Å². The van der Waals surface area contributed by atoms with Gasteiger partial charge in [-0.25, -0.2) is 14.6 Å². The van der Waals surface area contributed by atoms with E-state index < -0.39 is 5.60 Å². The van der Waals surface area contributed by atoms with Gasteiger partial charge in [-0.05, 0) is 63.1 Å². The molecule has 2 N–H and O–H groups in total. The van der Waals surface area contributed by atoms with Gasteiger partial charge in [0.05, 0.1) is 12.2 Å². The lowest BCUT2D eigenvalue weighted by Gasteiger charge is -2.21. The highest BCUT2D eigenvalue weighted by Crippen LogP contribution is 2.27. The van der Waals surface area contributed by atoms with Crippen LogP contribution in [0.1, 0.15) is 42.8 Å². The minimum atomic E-state index is -1.02. The van der Waals surface area contributed by atoms with Crippen molar-refractivity contribution < 1.29 is 14.7 Å². The maximum Gasteiger partial charge on any atom is 0.243 e. The molecule has 0 radical (unpaired) electrons. The van der Waals surface area contributed by atoms with E-state index in [1.165, 1.54) is 4.68 Å². The van der Waals surface area contributed by atoms with E-state index in [0.717, 1.165) is 41.0 Å². The average Bonchev–Trinajstić information content (AvgIpc) is 3.26. The molecule has 2 aromatic heterocycles. The van der Waals surface area contributed by atoms with Gasteiger partial charge in [0.25, 0.3) is 0 Å². The van der Waals surface area contributed by atoms with Gasteiger partial charge >= 0.3 is 0 Å². The van der Waals surface area contributed by atoms with Crippen molar-refractivity contribution in [2.75, 3.05) is 19.0 Å². The van der Waals surface area contributed by atoms with Crippen molar-refractivity contribution in [2.45, 2.75) is 44.8 Å². The molecule has 0 spiro atoms. The van der Waals surface area contributed by atoms with Crippen LogP contribution in [0.2, 0.25) is 0 Å². The second-order valence-corrected chi connectivity index (χ2v) is 8.71. The predicted molar refractivity (Wildman–Crippen MR) is 133 cm³/mol. The van der Waals surface area contributed by atoms with Gasteiger partial charge < -0.3 is 15.3 Å². The van der Waals surface area contributed by atoms with Crippen molar-refractivity contribution in [3.63, 3.8) is 0 Å². The number of carbonyl (C=O) groups is 2. The van der Waals surface area contributed by atoms with E-state index in [0.29, 0.717) is 12.8 Å². The second-order valence-electron chi connectivity index (χ2n) is 8.71. The number of aryl methyl sites for hydroxylation is 1. The Morgan fingerprint density at radius 3 is 2.66 bits per heavy atom. The Labute approximate surface area is 205 Å². The number of aromatic nitrogens is 4. The monoisotopic (exact) mass is 474 g/mol. The molecule has 3 heterocycles. The van der Waals surface area contributed by atoms with Gasteiger partial charge in [0.15, 0.2) is 0 Å². The number of rotatable bonds is 4. The summed E-state index contributed by atoms with van der Waals surface area (Å²) in [6.45, 7) is 3.30. The summed E-state index contributed by atoms with van der Waals surface area (Å²) in [5, 5.41) is 16.6. The summed E-state index contributed by atoms with van der Waals surface area (Å²) in [5.41, 5.74) is 2.76. The molecule has 1 aromatic carbocycles. The summed E-state index contributed by atoms with van der Waals surface area (Å²) >= 11 is 0. The van der Waals surface area contributed by atoms with Gasteiger partial charge in [0.2, 0.25) is 12.3 Å². The summed E-state index contributed by atoms with van der Waals surface area (Å²) < 4.78 is 1.22. The molecule has 0 saturated carbocycles. The summed E-state index contributed by atoms with van der Waals surface area (Å²) in [7, 11) is 3.61. The minimum Gasteiger partial charge on any atom is -0.378 e. The molecule has 35 heavy (non-hydrogen) atoms. The maximum atomic E-state index is 12.4. The van der Waals surface area contributed by atoms with Gasteiger partial charge in [0, 0.05) is 43.3 Å². The fourth-order valence-corrected chi connectivity index (χ4v) is 3.56. The number of fused-ring (bicyclic) bond motifs is 1. The standard InChI is InChI=1S/C17H22N2O2.C9H8N4O/c1-17(2,21)10-9-12-5-6-13-7-8-14(18-3)16(20)19(4)15(13)11-12;14-7-13-6-8(5-12-13)4-9-10-2-1-3-11-9/h5-6,11,14,18,21H,7-8H2,1-4H3;1-3,5-7H,4H2. The van der Waals surface area contributed by atoms with E-state index in [4.69, 9.17) is 0 Å². The van der Waals surface area contributed by atoms with Gasteiger partial charge in [0.1, 0.15) is 11.4 Å². The number of hydrogen-bond donors (Lipinski definition) is 2. The lowest BCUT2D eigenvalue weighted by Crippen LogP contribution is -2.42. The molecule has 3 aromatic rings. The van der Waals surface area contributed by atoms with Crippen LogP contribution in [0, 0.1) is 11.8 Å². The molecule has 1 aliphatic rings. The molecule has 0 saturated heterocycles. The Kier molecular flexibility index (Phi) is 8.47. The lowest BCUT2D eigenvalue weighted by atomic mass is 10.0. The molecule has 9 nitrogen and oxygen atoms in total. The number of hydrogen-bond acceptors (Lipinski definition) is 7. The van der Waals surface area contributed by atoms with Crippen LogP contribution in [0.3, 0.4) is 0 Å². The van der Waals surface area contributed by atoms with Gasteiger partial charge in [-0.2, -0.15) is 5.10 Å². The van der Waals surface area contributed by atoms with Crippen molar-refractivity contribution in [3.05, 3.63) is 71.6 Å². The largest absolute Gasteiger partial charge is 0.378 e. The number of benzene rings is 1. The Morgan fingerprint density at radius 2 is 2.03 bits per heavy atom. The Balaban J connectivity index is 0.000000211. The van der Waals surface area contributed by atoms with Crippen molar-refractivity contribution >= 4 is 18.0 Å². The smallest absolute Gasteiger partial charge is 0.243 e. The van der Waals surface area contributed by atoms with E-state index in [1.807, 2.05) is 25.2 Å². The topological polar surface area (TPSA) is 113 Å². The van der Waals surface area contributed by atoms with E-state index in [-0.39, 0.29) is 11.9 Å². The predicted octanol–water partition coefficient (Wildman–Crippen LogP) is 1.61. The quantitative estimate of drug-likeness (QED) is 0.436. The summed E-state index contributed by atoms with van der Waals surface area (Å²) in [6, 6.07) is 7.50. The van der Waals surface area contributed by atoms with E-state index in [2.05, 4.69) is 32.2 Å². The number of carbonyl (C=O) groups excluding carboxylic acids is 2. The number of aliphatic hydroxyl groups is 1. The molecule has 9 heteroatoms. The van der Waals surface area contributed by atoms with Crippen molar-refractivity contribution in [2.24, 2.45) is 0 Å². The minimum absolute atomic E-state index is 0.0730. The van der Waals surface area contributed by atoms with E-state index >= 15 is 0 Å². The van der Waals surface area contributed by atoms with Gasteiger partial charge in [-0.15, -0.1) is 0 Å². The second kappa shape index (κ2) is 11.5. The molecule has 1 aliphatic heterocycles. The Morgan fingerprint density at radius 1 is 1.29 bits per heavy atom. The van der Waals surface area contributed by atoms with Crippen molar-refractivity contribution in [1.82, 2.24) is 25.1 Å². The number of amides is 1. The lowest BCUT2D eigenvalue weighted by molar-refractivity contribution is -0.120. The molecule has 4 rings (SSSR count). The zero-order valence-electron chi connectivity index (χ0n) is 20.4. The number of nitrogens with zero attached hydrogens (tertiary/aromatic N) is 5. The highest BCUT2D eigenvalue weighted by molar-refractivity contribution is 5.98. The van der Waals surface area contributed by atoms with Crippen LogP contribution in [-0.4, -0.2) is 62.9 Å². The first-order valence-electron chi connectivity index (χ1n) is 11.3. The Bertz CT molecular complexity index is 1220. The molecule has 0 bridgehead atoms. The number of likely N-dealkylation sites (N-methyl/N-ethyl adjacent to an activating group) is 2. The molecule has 0 aliphatic carbocycles. The summed E-state index contributed by atoms with van der Waals surface area (Å²) in [4.78, 5) is 32.5. The van der Waals surface area contributed by atoms with Crippen LogP contribution in [0.15, 0.2) is 49.1 Å². The number of anilines is 1. The zero-order valence-corrected chi connectivity index (χ0v) is 20.4. The fraction of sp³-hybridized carbons (Fsp3) is 0.346. The molecule has 1 amide bonds. The zero-order chi connectivity index (χ0) is 25.4. The van der Waals surface area contributed by atoms with Crippen molar-refractivity contribution in [1.29, 1.82) is 0 Å². The summed E-state index contributed by atoms with van der Waals surface area (Å²) in [5.74, 6) is 6.55. The highest BCUT2D eigenvalue weighted by atomic mass is 16.3. The third-order valence-electron chi connectivity index (χ3n) is 5.38. The normalized spacial score (nSPS) is 15.2. The number of nitrogens with one attached hydrogen (secondary N) is 1. The molecular weight excluding hydrogens is 444 g/mol. The first-order valence-corrected chi connectivity index (χ1v) is 11.3. The molecule has 1 unspecified atom stereocenters. The van der Waals surface area contributed by atoms with Crippen LogP contribution >= 0.6 is 0 Å². The van der Waals surface area contributed by atoms with E-state index in [9.17, 15) is 14.7 Å². The SMILES string of the molecule is CNC1CCc2ccc(C#CC(C)(C)O)cc2N(C)C1=O.O=Cn1cc(Cc2ncccn2)cn1. The molecule has 0 fully saturated rings. The van der Waals surface area contributed by atoms with Crippen LogP contribution in [0.25, 0.3) is 0 Å². The van der Waals surface area contributed by atoms with Gasteiger partial charge in [-0.3, -0.25) is 9.59 Å². The van der Waals surface area contributed by atoms with Crippen LogP contribution in [-0.2, 0) is 22.4 Å². The third-order valence-corrected chi connectivity index (χ3v) is 5.38. The third kappa shape index (κ3) is 7.30. The maximum absolute atomic E-state index is 12.4. The summed E-state index contributed by atoms with van der Waals surface area (Å²) in [6.07, 6.45) is 9.55. The molecule has 182 valence electrons.